The number of rotatable bonds is 5. The normalized spacial score (nSPS) is 29.3. The number of aryl methyl sites for hydroxylation is 2. The Balaban J connectivity index is 1.22. The van der Waals surface area contributed by atoms with Gasteiger partial charge in [-0.3, -0.25) is 29.0 Å². The van der Waals surface area contributed by atoms with E-state index in [9.17, 15) is 24.3 Å². The molecule has 2 saturated heterocycles. The molecule has 4 amide bonds. The van der Waals surface area contributed by atoms with E-state index in [2.05, 4.69) is 10.2 Å². The molecule has 49 heavy (non-hydrogen) atoms. The van der Waals surface area contributed by atoms with Gasteiger partial charge in [-0.2, -0.15) is 10.2 Å². The highest BCUT2D eigenvalue weighted by molar-refractivity contribution is 6.53. The van der Waals surface area contributed by atoms with E-state index in [4.69, 9.17) is 23.2 Å². The molecule has 3 fully saturated rings. The highest BCUT2D eigenvalue weighted by Crippen LogP contribution is 2.65. The van der Waals surface area contributed by atoms with E-state index in [1.54, 1.807) is 50.2 Å². The number of nitrogens with zero attached hydrogens (tertiary/aromatic N) is 5. The molecule has 2 aliphatic carbocycles. The van der Waals surface area contributed by atoms with Gasteiger partial charge in [0.2, 0.25) is 11.8 Å². The molecule has 0 spiro atoms. The van der Waals surface area contributed by atoms with Crippen molar-refractivity contribution in [3.05, 3.63) is 89.0 Å². The van der Waals surface area contributed by atoms with E-state index >= 15 is 0 Å². The molecule has 10 nitrogen and oxygen atoms in total. The number of azo groups is 1. The Kier molecular flexibility index (Phi) is 7.76. The van der Waals surface area contributed by atoms with Crippen molar-refractivity contribution in [2.75, 3.05) is 30.9 Å². The average molecular weight is 701 g/mol. The second-order valence-corrected chi connectivity index (χ2v) is 14.9. The minimum atomic E-state index is -1.88. The number of allylic oxidation sites excluding steroid dienone is 2. The fourth-order valence-electron chi connectivity index (χ4n) is 8.13. The van der Waals surface area contributed by atoms with Gasteiger partial charge in [-0.05, 0) is 97.8 Å². The summed E-state index contributed by atoms with van der Waals surface area (Å²) in [5.41, 5.74) is 5.11. The van der Waals surface area contributed by atoms with Crippen LogP contribution in [-0.4, -0.2) is 64.5 Å². The van der Waals surface area contributed by atoms with E-state index < -0.39 is 51.1 Å². The number of aromatic hydroxyl groups is 1. The summed E-state index contributed by atoms with van der Waals surface area (Å²) in [6, 6.07) is 17.8. The molecule has 6 unspecified atom stereocenters. The van der Waals surface area contributed by atoms with Crippen LogP contribution in [0.2, 0.25) is 0 Å². The summed E-state index contributed by atoms with van der Waals surface area (Å²) in [5.74, 6) is -4.91. The van der Waals surface area contributed by atoms with Gasteiger partial charge in [-0.1, -0.05) is 23.8 Å². The highest BCUT2D eigenvalue weighted by Gasteiger charge is 2.75. The first-order valence-electron chi connectivity index (χ1n) is 16.1. The van der Waals surface area contributed by atoms with E-state index in [-0.39, 0.29) is 24.5 Å². The summed E-state index contributed by atoms with van der Waals surface area (Å²) < 4.78 is 0. The van der Waals surface area contributed by atoms with Crippen molar-refractivity contribution < 1.29 is 24.3 Å². The molecular weight excluding hydrogens is 665 g/mol. The number of anilines is 2. The third-order valence-electron chi connectivity index (χ3n) is 10.6. The Morgan fingerprint density at radius 2 is 1.41 bits per heavy atom. The molecule has 252 valence electrons. The van der Waals surface area contributed by atoms with Crippen molar-refractivity contribution in [3.63, 3.8) is 0 Å². The molecule has 12 heteroatoms. The quantitative estimate of drug-likeness (QED) is 0.137. The van der Waals surface area contributed by atoms with E-state index in [0.717, 1.165) is 10.6 Å². The van der Waals surface area contributed by atoms with Crippen LogP contribution in [0, 0.1) is 31.6 Å². The van der Waals surface area contributed by atoms with Crippen LogP contribution in [0.1, 0.15) is 35.4 Å². The third kappa shape index (κ3) is 4.75. The van der Waals surface area contributed by atoms with E-state index in [1.165, 1.54) is 11.9 Å². The number of halogens is 2. The largest absolute Gasteiger partial charge is 0.507 e. The second kappa shape index (κ2) is 11.5. The van der Waals surface area contributed by atoms with Crippen LogP contribution in [-0.2, 0) is 19.2 Å². The summed E-state index contributed by atoms with van der Waals surface area (Å²) in [4.78, 5) is 56.2. The Bertz CT molecular complexity index is 1970. The molecule has 3 aromatic rings. The number of phenolic OH excluding ortho intramolecular Hbond substituents is 1. The third-order valence-corrected chi connectivity index (χ3v) is 12.0. The second-order valence-electron chi connectivity index (χ2n) is 13.6. The SMILES string of the molecule is Cc1cc(C2C3=CCC4C(=O)N(c5ccc(N=Nc6ccc(N(C)C)cc6)cc5)C(=O)C4C3CC3(Cl)C(=O)N(C)C(=O)C23Cl)cc(C)c1O. The number of imide groups is 2. The van der Waals surface area contributed by atoms with Crippen molar-refractivity contribution in [3.8, 4) is 5.75 Å². The number of amides is 4. The number of fused-ring (bicyclic) bond motifs is 4. The number of hydrogen-bond donors (Lipinski definition) is 1. The summed E-state index contributed by atoms with van der Waals surface area (Å²) in [6.07, 6.45) is 2.06. The number of carbonyl (C=O) groups is 4. The average Bonchev–Trinajstić information content (AvgIpc) is 3.41. The lowest BCUT2D eigenvalue weighted by molar-refractivity contribution is -0.138. The van der Waals surface area contributed by atoms with Gasteiger partial charge >= 0.3 is 0 Å². The molecule has 0 bridgehead atoms. The number of benzene rings is 3. The number of likely N-dealkylation sites (tertiary alicyclic amines) is 1. The molecule has 0 radical (unpaired) electrons. The van der Waals surface area contributed by atoms with Crippen LogP contribution in [0.25, 0.3) is 0 Å². The molecule has 0 aromatic heterocycles. The van der Waals surface area contributed by atoms with Gasteiger partial charge in [-0.25, -0.2) is 0 Å². The maximum Gasteiger partial charge on any atom is 0.253 e. The molecule has 6 atom stereocenters. The van der Waals surface area contributed by atoms with Crippen LogP contribution in [0.3, 0.4) is 0 Å². The van der Waals surface area contributed by atoms with Crippen molar-refractivity contribution in [2.45, 2.75) is 42.4 Å². The van der Waals surface area contributed by atoms with Crippen molar-refractivity contribution in [2.24, 2.45) is 28.0 Å². The molecule has 3 aromatic carbocycles. The topological polar surface area (TPSA) is 123 Å². The lowest BCUT2D eigenvalue weighted by Crippen LogP contribution is -2.60. The zero-order chi connectivity index (χ0) is 35.2. The number of alkyl halides is 2. The predicted octanol–water partition coefficient (Wildman–Crippen LogP) is 6.68. The monoisotopic (exact) mass is 699 g/mol. The van der Waals surface area contributed by atoms with Crippen molar-refractivity contribution >= 4 is 69.6 Å². The van der Waals surface area contributed by atoms with Crippen LogP contribution in [0.4, 0.5) is 22.7 Å². The first kappa shape index (κ1) is 33.0. The molecule has 1 saturated carbocycles. The van der Waals surface area contributed by atoms with Gasteiger partial charge in [0.15, 0.2) is 9.75 Å². The minimum absolute atomic E-state index is 0.0891. The number of carbonyl (C=O) groups excluding carboxylic acids is 4. The zero-order valence-corrected chi connectivity index (χ0v) is 29.2. The Morgan fingerprint density at radius 3 is 1.98 bits per heavy atom. The van der Waals surface area contributed by atoms with Crippen LogP contribution in [0.15, 0.2) is 82.5 Å². The van der Waals surface area contributed by atoms with Gasteiger partial charge in [0.05, 0.1) is 28.9 Å². The van der Waals surface area contributed by atoms with Gasteiger partial charge in [0.25, 0.3) is 11.8 Å². The fraction of sp³-hybridized carbons (Fsp3) is 0.351. The van der Waals surface area contributed by atoms with Gasteiger partial charge in [0.1, 0.15) is 5.75 Å². The lowest BCUT2D eigenvalue weighted by Gasteiger charge is -2.51. The number of phenols is 1. The van der Waals surface area contributed by atoms with Gasteiger partial charge in [-0.15, -0.1) is 23.2 Å². The van der Waals surface area contributed by atoms with E-state index in [0.29, 0.717) is 39.3 Å². The summed E-state index contributed by atoms with van der Waals surface area (Å²) in [7, 11) is 5.28. The van der Waals surface area contributed by atoms with Crippen LogP contribution in [0.5, 0.6) is 5.75 Å². The Labute approximate surface area is 294 Å². The summed E-state index contributed by atoms with van der Waals surface area (Å²) in [5, 5.41) is 19.2. The first-order chi connectivity index (χ1) is 23.2. The summed E-state index contributed by atoms with van der Waals surface area (Å²) >= 11 is 14.5. The molecule has 1 N–H and O–H groups in total. The van der Waals surface area contributed by atoms with Gasteiger partial charge < -0.3 is 10.0 Å². The molecular formula is C37H35Cl2N5O5. The Morgan fingerprint density at radius 1 is 0.837 bits per heavy atom. The maximum atomic E-state index is 14.3. The minimum Gasteiger partial charge on any atom is -0.507 e. The standard InChI is InChI=1S/C37H35Cl2N5O5/c1-19-16-21(17-20(2)31(19)45)30-26-14-15-27-29(28(26)18-36(38)34(48)43(5)35(49)37(30,36)39)33(47)44(32(27)46)25-12-8-23(9-13-25)41-40-22-6-10-24(11-7-22)42(3)4/h6-14,16-17,27-30,45H,15,18H2,1-5H3. The zero-order valence-electron chi connectivity index (χ0n) is 27.6. The summed E-state index contributed by atoms with van der Waals surface area (Å²) in [6.45, 7) is 3.48. The van der Waals surface area contributed by atoms with Gasteiger partial charge in [0, 0.05) is 32.7 Å². The van der Waals surface area contributed by atoms with Crippen molar-refractivity contribution in [1.82, 2.24) is 4.90 Å². The molecule has 2 heterocycles. The van der Waals surface area contributed by atoms with E-state index in [1.807, 2.05) is 49.3 Å². The van der Waals surface area contributed by atoms with Crippen LogP contribution < -0.4 is 9.80 Å². The fourth-order valence-corrected chi connectivity index (χ4v) is 9.15. The van der Waals surface area contributed by atoms with Crippen molar-refractivity contribution in [1.29, 1.82) is 0 Å². The highest BCUT2D eigenvalue weighted by atomic mass is 35.5. The number of hydrogen-bond acceptors (Lipinski definition) is 8. The Hall–Kier alpha value is -4.54. The smallest absolute Gasteiger partial charge is 0.253 e. The molecule has 2 aliphatic heterocycles. The molecule has 7 rings (SSSR count). The molecule has 4 aliphatic rings. The predicted molar refractivity (Wildman–Crippen MR) is 187 cm³/mol. The lowest BCUT2D eigenvalue weighted by atomic mass is 9.56. The maximum absolute atomic E-state index is 14.3. The first-order valence-corrected chi connectivity index (χ1v) is 16.8. The van der Waals surface area contributed by atoms with Crippen LogP contribution >= 0.6 is 23.2 Å².